The fourth-order valence-corrected chi connectivity index (χ4v) is 11.0. The van der Waals surface area contributed by atoms with Crippen LogP contribution >= 0.6 is 11.3 Å². The first kappa shape index (κ1) is 32.6. The van der Waals surface area contributed by atoms with Gasteiger partial charge in [0, 0.05) is 36.9 Å². The number of rotatable bonds is 4. The van der Waals surface area contributed by atoms with E-state index in [9.17, 15) is 0 Å². The Bertz CT molecular complexity index is 3840. The molecular weight excluding hydrogens is 733 g/mol. The second-order valence-corrected chi connectivity index (χ2v) is 16.7. The van der Waals surface area contributed by atoms with Crippen molar-refractivity contribution >= 4 is 96.1 Å². The summed E-state index contributed by atoms with van der Waals surface area (Å²) in [5.41, 5.74) is 7.31. The molecular formula is C56H32N2S. The monoisotopic (exact) mass is 764 g/mol. The first-order valence-electron chi connectivity index (χ1n) is 20.1. The van der Waals surface area contributed by atoms with Crippen LogP contribution in [0.4, 0.5) is 0 Å². The molecule has 2 aromatic heterocycles. The lowest BCUT2D eigenvalue weighted by Crippen LogP contribution is -1.96. The second kappa shape index (κ2) is 12.5. The highest BCUT2D eigenvalue weighted by Crippen LogP contribution is 2.45. The van der Waals surface area contributed by atoms with Crippen LogP contribution in [0.2, 0.25) is 0 Å². The van der Waals surface area contributed by atoms with Gasteiger partial charge in [-0.1, -0.05) is 164 Å². The van der Waals surface area contributed by atoms with Crippen LogP contribution in [0, 0.1) is 0 Å². The van der Waals surface area contributed by atoms with E-state index in [-0.39, 0.29) is 0 Å². The van der Waals surface area contributed by atoms with Crippen molar-refractivity contribution in [3.8, 4) is 45.0 Å². The SMILES string of the molecule is c1ccc(-c2nc(-c3cccc(-c4cccc5c4sc4ccccc45)c3)cc(-c3cc4ccc5cccc6c7cccc8ccc9cccc(c(c3)c4c56)c9c87)n2)cc1. The van der Waals surface area contributed by atoms with Crippen molar-refractivity contribution in [3.63, 3.8) is 0 Å². The van der Waals surface area contributed by atoms with Crippen LogP contribution in [0.1, 0.15) is 0 Å². The zero-order chi connectivity index (χ0) is 38.6. The predicted molar refractivity (Wildman–Crippen MR) is 253 cm³/mol. The van der Waals surface area contributed by atoms with E-state index in [0.29, 0.717) is 5.82 Å². The fourth-order valence-electron chi connectivity index (χ4n) is 9.71. The van der Waals surface area contributed by atoms with Crippen molar-refractivity contribution in [1.29, 1.82) is 0 Å². The molecule has 272 valence electrons. The van der Waals surface area contributed by atoms with Crippen molar-refractivity contribution < 1.29 is 0 Å². The highest BCUT2D eigenvalue weighted by atomic mass is 32.1. The van der Waals surface area contributed by atoms with Gasteiger partial charge in [-0.15, -0.1) is 11.3 Å². The minimum Gasteiger partial charge on any atom is -0.228 e. The molecule has 0 bridgehead atoms. The summed E-state index contributed by atoms with van der Waals surface area (Å²) >= 11 is 1.86. The van der Waals surface area contributed by atoms with Gasteiger partial charge in [0.25, 0.3) is 0 Å². The van der Waals surface area contributed by atoms with Gasteiger partial charge >= 0.3 is 0 Å². The highest BCUT2D eigenvalue weighted by Gasteiger charge is 2.19. The van der Waals surface area contributed by atoms with E-state index >= 15 is 0 Å². The molecule has 13 rings (SSSR count). The summed E-state index contributed by atoms with van der Waals surface area (Å²) in [5, 5.41) is 17.8. The Hall–Kier alpha value is -7.46. The van der Waals surface area contributed by atoms with Gasteiger partial charge in [-0.25, -0.2) is 9.97 Å². The van der Waals surface area contributed by atoms with Crippen LogP contribution in [-0.4, -0.2) is 9.97 Å². The Balaban J connectivity index is 1.09. The van der Waals surface area contributed by atoms with Gasteiger partial charge in [0.15, 0.2) is 5.82 Å². The minimum absolute atomic E-state index is 0.708. The van der Waals surface area contributed by atoms with E-state index in [1.807, 2.05) is 17.4 Å². The quantitative estimate of drug-likeness (QED) is 0.167. The molecule has 0 amide bonds. The van der Waals surface area contributed by atoms with Gasteiger partial charge in [0.1, 0.15) is 0 Å². The van der Waals surface area contributed by atoms with Crippen LogP contribution < -0.4 is 0 Å². The molecule has 0 aliphatic carbocycles. The maximum atomic E-state index is 5.36. The molecule has 0 radical (unpaired) electrons. The van der Waals surface area contributed by atoms with Gasteiger partial charge in [-0.2, -0.15) is 0 Å². The molecule has 0 atom stereocenters. The summed E-state index contributed by atoms with van der Waals surface area (Å²) in [6.07, 6.45) is 0. The molecule has 0 unspecified atom stereocenters. The Morgan fingerprint density at radius 1 is 0.305 bits per heavy atom. The lowest BCUT2D eigenvalue weighted by molar-refractivity contribution is 1.18. The van der Waals surface area contributed by atoms with E-state index in [0.717, 1.165) is 28.1 Å². The van der Waals surface area contributed by atoms with Crippen molar-refractivity contribution in [2.75, 3.05) is 0 Å². The molecule has 0 aliphatic heterocycles. The van der Waals surface area contributed by atoms with E-state index in [2.05, 4.69) is 188 Å². The zero-order valence-electron chi connectivity index (χ0n) is 31.8. The topological polar surface area (TPSA) is 25.8 Å². The van der Waals surface area contributed by atoms with Gasteiger partial charge in [0.05, 0.1) is 11.4 Å². The van der Waals surface area contributed by atoms with Crippen LogP contribution in [0.25, 0.3) is 130 Å². The van der Waals surface area contributed by atoms with E-state index in [1.165, 1.54) is 95.9 Å². The first-order chi connectivity index (χ1) is 29.2. The fraction of sp³-hybridized carbons (Fsp3) is 0. The predicted octanol–water partition coefficient (Wildman–Crippen LogP) is 15.9. The maximum absolute atomic E-state index is 5.36. The third-order valence-electron chi connectivity index (χ3n) is 12.4. The Labute approximate surface area is 343 Å². The number of hydrogen-bond donors (Lipinski definition) is 0. The molecule has 2 nitrogen and oxygen atoms in total. The number of hydrogen-bond acceptors (Lipinski definition) is 3. The third-order valence-corrected chi connectivity index (χ3v) is 13.6. The minimum atomic E-state index is 0.708. The average molecular weight is 765 g/mol. The standard InChI is InChI=1S/C56H32N2S/c1-2-11-36(12-3-1)56-57-48(38-17-6-16-37(29-38)41-19-10-23-46-42-18-4-5-24-50(42)59-55(41)46)32-49(58-56)40-30-39-28-27-35-14-8-21-44-43-20-7-13-33-25-26-34-15-9-22-45(53(34)51(33)43)47(31-40)54(39)52(35)44/h1-32H. The lowest BCUT2D eigenvalue weighted by Gasteiger charge is -2.17. The number of aromatic nitrogens is 2. The first-order valence-corrected chi connectivity index (χ1v) is 21.0. The number of benzene rings is 10. The molecule has 59 heavy (non-hydrogen) atoms. The van der Waals surface area contributed by atoms with Crippen molar-refractivity contribution in [3.05, 3.63) is 194 Å². The van der Waals surface area contributed by atoms with Gasteiger partial charge < -0.3 is 0 Å². The van der Waals surface area contributed by atoms with Crippen LogP contribution in [0.15, 0.2) is 194 Å². The molecule has 0 saturated carbocycles. The summed E-state index contributed by atoms with van der Waals surface area (Å²) in [7, 11) is 0. The summed E-state index contributed by atoms with van der Waals surface area (Å²) in [6.45, 7) is 0. The summed E-state index contributed by atoms with van der Waals surface area (Å²) in [4.78, 5) is 10.6. The van der Waals surface area contributed by atoms with E-state index < -0.39 is 0 Å². The third kappa shape index (κ3) is 4.92. The molecule has 0 spiro atoms. The summed E-state index contributed by atoms with van der Waals surface area (Å²) < 4.78 is 2.61. The van der Waals surface area contributed by atoms with Gasteiger partial charge in [-0.3, -0.25) is 0 Å². The van der Waals surface area contributed by atoms with Crippen LogP contribution in [0.5, 0.6) is 0 Å². The van der Waals surface area contributed by atoms with Crippen LogP contribution in [0.3, 0.4) is 0 Å². The Morgan fingerprint density at radius 3 is 1.56 bits per heavy atom. The number of fused-ring (bicyclic) bond motifs is 5. The normalized spacial score (nSPS) is 12.1. The van der Waals surface area contributed by atoms with Crippen molar-refractivity contribution in [2.45, 2.75) is 0 Å². The molecule has 11 aromatic carbocycles. The molecule has 0 N–H and O–H groups in total. The van der Waals surface area contributed by atoms with Gasteiger partial charge in [0.2, 0.25) is 0 Å². The zero-order valence-corrected chi connectivity index (χ0v) is 32.6. The molecule has 2 heterocycles. The Kier molecular flexibility index (Phi) is 6.92. The van der Waals surface area contributed by atoms with E-state index in [4.69, 9.17) is 9.97 Å². The average Bonchev–Trinajstić information content (AvgIpc) is 3.69. The van der Waals surface area contributed by atoms with Gasteiger partial charge in [-0.05, 0) is 106 Å². The van der Waals surface area contributed by atoms with E-state index in [1.54, 1.807) is 0 Å². The largest absolute Gasteiger partial charge is 0.228 e. The molecule has 3 heteroatoms. The molecule has 0 fully saturated rings. The maximum Gasteiger partial charge on any atom is 0.160 e. The number of thiophene rings is 1. The van der Waals surface area contributed by atoms with Crippen molar-refractivity contribution in [2.24, 2.45) is 0 Å². The second-order valence-electron chi connectivity index (χ2n) is 15.7. The number of nitrogens with zero attached hydrogens (tertiary/aromatic N) is 2. The smallest absolute Gasteiger partial charge is 0.160 e. The molecule has 13 aromatic rings. The Morgan fingerprint density at radius 2 is 0.831 bits per heavy atom. The van der Waals surface area contributed by atoms with Crippen LogP contribution in [-0.2, 0) is 0 Å². The summed E-state index contributed by atoms with van der Waals surface area (Å²) in [6, 6.07) is 70.9. The molecule has 0 aliphatic rings. The summed E-state index contributed by atoms with van der Waals surface area (Å²) in [5.74, 6) is 0.708. The molecule has 0 saturated heterocycles. The highest BCUT2D eigenvalue weighted by molar-refractivity contribution is 7.26. The lowest BCUT2D eigenvalue weighted by atomic mass is 9.87. The van der Waals surface area contributed by atoms with Crippen molar-refractivity contribution in [1.82, 2.24) is 9.97 Å².